The van der Waals surface area contributed by atoms with Crippen LogP contribution in [0.15, 0.2) is 85.1 Å². The summed E-state index contributed by atoms with van der Waals surface area (Å²) in [6, 6.07) is 21.4. The highest BCUT2D eigenvalue weighted by Gasteiger charge is 2.14. The van der Waals surface area contributed by atoms with Crippen LogP contribution in [0.5, 0.6) is 17.4 Å². The summed E-state index contributed by atoms with van der Waals surface area (Å²) >= 11 is 0. The Labute approximate surface area is 214 Å². The molecule has 0 radical (unpaired) electrons. The number of hydrogen-bond acceptors (Lipinski definition) is 5. The summed E-state index contributed by atoms with van der Waals surface area (Å²) in [5, 5.41) is 5.54. The van der Waals surface area contributed by atoms with Crippen molar-refractivity contribution in [3.63, 3.8) is 0 Å². The van der Waals surface area contributed by atoms with Crippen molar-refractivity contribution in [1.82, 2.24) is 10.3 Å². The third kappa shape index (κ3) is 6.70. The summed E-state index contributed by atoms with van der Waals surface area (Å²) in [6.45, 7) is 4.54. The number of anilines is 1. The van der Waals surface area contributed by atoms with E-state index in [2.05, 4.69) is 15.6 Å². The lowest BCUT2D eigenvalue weighted by atomic mass is 10.1. The Balaban J connectivity index is 1.38. The average molecular weight is 500 g/mol. The van der Waals surface area contributed by atoms with E-state index in [1.165, 1.54) is 18.2 Å². The lowest BCUT2D eigenvalue weighted by molar-refractivity contribution is 0.0949. The van der Waals surface area contributed by atoms with E-state index >= 15 is 0 Å². The van der Waals surface area contributed by atoms with E-state index in [-0.39, 0.29) is 18.0 Å². The van der Waals surface area contributed by atoms with Crippen LogP contribution in [0.1, 0.15) is 38.8 Å². The van der Waals surface area contributed by atoms with Crippen LogP contribution in [0, 0.1) is 12.7 Å². The van der Waals surface area contributed by atoms with E-state index < -0.39 is 11.7 Å². The van der Waals surface area contributed by atoms with Crippen molar-refractivity contribution in [2.24, 2.45) is 0 Å². The number of nitrogens with one attached hydrogen (secondary N) is 2. The molecular weight excluding hydrogens is 473 g/mol. The second-order valence-electron chi connectivity index (χ2n) is 8.16. The molecule has 1 aromatic heterocycles. The second-order valence-corrected chi connectivity index (χ2v) is 8.16. The van der Waals surface area contributed by atoms with Crippen LogP contribution in [0.25, 0.3) is 0 Å². The summed E-state index contributed by atoms with van der Waals surface area (Å²) in [4.78, 5) is 29.5. The Morgan fingerprint density at radius 3 is 2.43 bits per heavy atom. The van der Waals surface area contributed by atoms with Gasteiger partial charge in [0.1, 0.15) is 17.3 Å². The highest BCUT2D eigenvalue weighted by Crippen LogP contribution is 2.23. The molecule has 0 saturated carbocycles. The van der Waals surface area contributed by atoms with Gasteiger partial charge in [-0.3, -0.25) is 9.59 Å². The molecule has 4 rings (SSSR count). The van der Waals surface area contributed by atoms with Crippen molar-refractivity contribution < 1.29 is 23.5 Å². The molecule has 0 aliphatic rings. The van der Waals surface area contributed by atoms with Gasteiger partial charge in [-0.2, -0.15) is 0 Å². The maximum atomic E-state index is 14.0. The zero-order chi connectivity index (χ0) is 26.2. The fraction of sp³-hybridized carbons (Fsp3) is 0.138. The minimum atomic E-state index is -0.616. The quantitative estimate of drug-likeness (QED) is 0.299. The van der Waals surface area contributed by atoms with Crippen LogP contribution < -0.4 is 20.1 Å². The number of carbonyl (C=O) groups is 2. The standard InChI is InChI=1S/C29H26FN3O4/c1-3-36-22-10-12-23(13-11-22)37-27-16-20(14-15-31-27)18-32-28(34)21-9-8-19(2)26(17-21)33-29(35)24-6-4-5-7-25(24)30/h4-17H,3,18H2,1-2H3,(H,32,34)(H,33,35). The monoisotopic (exact) mass is 499 g/mol. The Bertz CT molecular complexity index is 1410. The molecule has 0 fully saturated rings. The number of pyridine rings is 1. The average Bonchev–Trinajstić information content (AvgIpc) is 2.90. The summed E-state index contributed by atoms with van der Waals surface area (Å²) < 4.78 is 25.2. The van der Waals surface area contributed by atoms with Crippen LogP contribution in [0.2, 0.25) is 0 Å². The Hall–Kier alpha value is -4.72. The zero-order valence-electron chi connectivity index (χ0n) is 20.5. The third-order valence-corrected chi connectivity index (χ3v) is 5.48. The molecule has 0 atom stereocenters. The molecule has 7 nitrogen and oxygen atoms in total. The van der Waals surface area contributed by atoms with Gasteiger partial charge in [-0.1, -0.05) is 18.2 Å². The van der Waals surface area contributed by atoms with E-state index in [0.29, 0.717) is 29.5 Å². The Morgan fingerprint density at radius 1 is 0.919 bits per heavy atom. The number of aryl methyl sites for hydroxylation is 1. The number of benzene rings is 3. The van der Waals surface area contributed by atoms with Crippen molar-refractivity contribution in [1.29, 1.82) is 0 Å². The number of rotatable bonds is 9. The first kappa shape index (κ1) is 25.4. The first-order chi connectivity index (χ1) is 17.9. The lowest BCUT2D eigenvalue weighted by Gasteiger charge is -2.12. The summed E-state index contributed by atoms with van der Waals surface area (Å²) in [5.41, 5.74) is 2.25. The third-order valence-electron chi connectivity index (χ3n) is 5.48. The molecule has 0 saturated heterocycles. The first-order valence-electron chi connectivity index (χ1n) is 11.7. The molecule has 2 amide bonds. The van der Waals surface area contributed by atoms with Crippen LogP contribution >= 0.6 is 0 Å². The van der Waals surface area contributed by atoms with Crippen LogP contribution in [0.3, 0.4) is 0 Å². The molecule has 188 valence electrons. The highest BCUT2D eigenvalue weighted by molar-refractivity contribution is 6.05. The van der Waals surface area contributed by atoms with Crippen LogP contribution in [0.4, 0.5) is 10.1 Å². The van der Waals surface area contributed by atoms with Gasteiger partial charge in [-0.05, 0) is 79.6 Å². The number of halogens is 1. The van der Waals surface area contributed by atoms with E-state index in [9.17, 15) is 14.0 Å². The van der Waals surface area contributed by atoms with Gasteiger partial charge in [-0.25, -0.2) is 9.37 Å². The number of aromatic nitrogens is 1. The van der Waals surface area contributed by atoms with Gasteiger partial charge < -0.3 is 20.1 Å². The van der Waals surface area contributed by atoms with Gasteiger partial charge in [0.2, 0.25) is 5.88 Å². The minimum absolute atomic E-state index is 0.0716. The maximum Gasteiger partial charge on any atom is 0.258 e. The molecule has 0 aliphatic carbocycles. The van der Waals surface area contributed by atoms with Gasteiger partial charge in [0, 0.05) is 30.1 Å². The fourth-order valence-electron chi connectivity index (χ4n) is 3.52. The Kier molecular flexibility index (Phi) is 8.10. The lowest BCUT2D eigenvalue weighted by Crippen LogP contribution is -2.23. The molecule has 0 bridgehead atoms. The molecule has 0 aliphatic heterocycles. The topological polar surface area (TPSA) is 89.5 Å². The molecule has 0 spiro atoms. The van der Waals surface area contributed by atoms with Crippen molar-refractivity contribution >= 4 is 17.5 Å². The number of hydrogen-bond donors (Lipinski definition) is 2. The van der Waals surface area contributed by atoms with E-state index in [1.807, 2.05) is 19.1 Å². The van der Waals surface area contributed by atoms with Crippen molar-refractivity contribution in [2.75, 3.05) is 11.9 Å². The van der Waals surface area contributed by atoms with E-state index in [1.54, 1.807) is 61.7 Å². The largest absolute Gasteiger partial charge is 0.494 e. The van der Waals surface area contributed by atoms with Crippen LogP contribution in [-0.4, -0.2) is 23.4 Å². The predicted molar refractivity (Wildman–Crippen MR) is 139 cm³/mol. The number of nitrogens with zero attached hydrogens (tertiary/aromatic N) is 1. The summed E-state index contributed by atoms with van der Waals surface area (Å²) in [7, 11) is 0. The van der Waals surface area contributed by atoms with Crippen molar-refractivity contribution in [2.45, 2.75) is 20.4 Å². The van der Waals surface area contributed by atoms with Crippen LogP contribution in [-0.2, 0) is 6.54 Å². The zero-order valence-corrected chi connectivity index (χ0v) is 20.5. The molecule has 37 heavy (non-hydrogen) atoms. The van der Waals surface area contributed by atoms with Gasteiger partial charge in [-0.15, -0.1) is 0 Å². The number of carbonyl (C=O) groups excluding carboxylic acids is 2. The minimum Gasteiger partial charge on any atom is -0.494 e. The molecule has 4 aromatic rings. The smallest absolute Gasteiger partial charge is 0.258 e. The molecule has 2 N–H and O–H groups in total. The molecule has 3 aromatic carbocycles. The summed E-state index contributed by atoms with van der Waals surface area (Å²) in [5.74, 6) is 0.231. The second kappa shape index (κ2) is 11.8. The van der Waals surface area contributed by atoms with Gasteiger partial charge >= 0.3 is 0 Å². The first-order valence-corrected chi connectivity index (χ1v) is 11.7. The van der Waals surface area contributed by atoms with E-state index in [4.69, 9.17) is 9.47 Å². The molecule has 0 unspecified atom stereocenters. The fourth-order valence-corrected chi connectivity index (χ4v) is 3.52. The summed E-state index contributed by atoms with van der Waals surface area (Å²) in [6.07, 6.45) is 1.60. The SMILES string of the molecule is CCOc1ccc(Oc2cc(CNC(=O)c3ccc(C)c(NC(=O)c4ccccc4F)c3)ccn2)cc1. The van der Waals surface area contributed by atoms with Crippen molar-refractivity contribution in [3.8, 4) is 17.4 Å². The van der Waals surface area contributed by atoms with Gasteiger partial charge in [0.25, 0.3) is 11.8 Å². The Morgan fingerprint density at radius 2 is 1.68 bits per heavy atom. The molecule has 1 heterocycles. The molecule has 8 heteroatoms. The highest BCUT2D eigenvalue weighted by atomic mass is 19.1. The van der Waals surface area contributed by atoms with Gasteiger partial charge in [0.05, 0.1) is 12.2 Å². The van der Waals surface area contributed by atoms with Crippen molar-refractivity contribution in [3.05, 3.63) is 113 Å². The van der Waals surface area contributed by atoms with Gasteiger partial charge in [0.15, 0.2) is 0 Å². The van der Waals surface area contributed by atoms with E-state index in [0.717, 1.165) is 16.9 Å². The number of amides is 2. The molecular formula is C29H26FN3O4. The number of ether oxygens (including phenoxy) is 2. The predicted octanol–water partition coefficient (Wildman–Crippen LogP) is 5.90. The normalized spacial score (nSPS) is 10.5. The maximum absolute atomic E-state index is 14.0.